The Balaban J connectivity index is 1.82. The van der Waals surface area contributed by atoms with Gasteiger partial charge in [-0.1, -0.05) is 0 Å². The number of nitrogens with one attached hydrogen (secondary N) is 1. The molecule has 0 spiro atoms. The molecule has 2 rings (SSSR count). The number of hydrogen-bond acceptors (Lipinski definition) is 4. The second-order valence-electron chi connectivity index (χ2n) is 4.12. The van der Waals surface area contributed by atoms with Crippen LogP contribution >= 0.6 is 0 Å². The number of furan rings is 1. The van der Waals surface area contributed by atoms with E-state index < -0.39 is 0 Å². The average Bonchev–Trinajstić information content (AvgIpc) is 2.89. The first-order valence-corrected chi connectivity index (χ1v) is 5.81. The van der Waals surface area contributed by atoms with Crippen LogP contribution in [0.4, 0.5) is 0 Å². The van der Waals surface area contributed by atoms with Crippen LogP contribution in [0.1, 0.15) is 30.4 Å². The van der Waals surface area contributed by atoms with Gasteiger partial charge in [0.05, 0.1) is 18.8 Å². The summed E-state index contributed by atoms with van der Waals surface area (Å²) in [4.78, 5) is 4.26. The average molecular weight is 234 g/mol. The number of aryl methyl sites for hydroxylation is 2. The van der Waals surface area contributed by atoms with Crippen LogP contribution in [0.15, 0.2) is 22.8 Å². The Hall–Kier alpha value is -1.62. The van der Waals surface area contributed by atoms with E-state index in [2.05, 4.69) is 22.3 Å². The van der Waals surface area contributed by atoms with Crippen molar-refractivity contribution in [2.45, 2.75) is 33.4 Å². The molecule has 1 atom stereocenters. The molecular formula is C12H18N4O. The van der Waals surface area contributed by atoms with Crippen LogP contribution in [0.25, 0.3) is 0 Å². The summed E-state index contributed by atoms with van der Waals surface area (Å²) in [5, 5.41) is 7.70. The number of hydrogen-bond donors (Lipinski definition) is 1. The molecule has 0 bridgehead atoms. The van der Waals surface area contributed by atoms with Crippen molar-refractivity contribution in [3.63, 3.8) is 0 Å². The lowest BCUT2D eigenvalue weighted by Gasteiger charge is -2.11. The van der Waals surface area contributed by atoms with Crippen LogP contribution < -0.4 is 5.32 Å². The van der Waals surface area contributed by atoms with Gasteiger partial charge in [-0.15, -0.1) is 0 Å². The predicted molar refractivity (Wildman–Crippen MR) is 64.6 cm³/mol. The van der Waals surface area contributed by atoms with E-state index in [0.29, 0.717) is 0 Å². The second kappa shape index (κ2) is 5.14. The molecule has 0 amide bonds. The highest BCUT2D eigenvalue weighted by Crippen LogP contribution is 2.11. The summed E-state index contributed by atoms with van der Waals surface area (Å²) in [6, 6.07) is 4.09. The summed E-state index contributed by atoms with van der Waals surface area (Å²) in [6.07, 6.45) is 1.69. The molecule has 0 saturated carbocycles. The molecule has 17 heavy (non-hydrogen) atoms. The fourth-order valence-corrected chi connectivity index (χ4v) is 1.80. The molecule has 0 aromatic carbocycles. The molecule has 1 N–H and O–H groups in total. The van der Waals surface area contributed by atoms with Gasteiger partial charge in [0.25, 0.3) is 0 Å². The van der Waals surface area contributed by atoms with Crippen molar-refractivity contribution in [3.8, 4) is 0 Å². The van der Waals surface area contributed by atoms with Gasteiger partial charge in [-0.2, -0.15) is 5.10 Å². The van der Waals surface area contributed by atoms with Gasteiger partial charge in [-0.25, -0.2) is 9.67 Å². The molecule has 0 aliphatic carbocycles. The van der Waals surface area contributed by atoms with E-state index in [-0.39, 0.29) is 6.04 Å². The molecule has 2 aromatic heterocycles. The van der Waals surface area contributed by atoms with Crippen LogP contribution in [0.2, 0.25) is 0 Å². The minimum atomic E-state index is 0.218. The molecule has 5 nitrogen and oxygen atoms in total. The first-order valence-electron chi connectivity index (χ1n) is 5.81. The number of nitrogens with zero attached hydrogens (tertiary/aromatic N) is 3. The molecule has 0 aliphatic rings. The summed E-state index contributed by atoms with van der Waals surface area (Å²) >= 11 is 0. The Bertz CT molecular complexity index is 461. The van der Waals surface area contributed by atoms with Crippen molar-refractivity contribution in [3.05, 3.63) is 35.8 Å². The van der Waals surface area contributed by atoms with Crippen LogP contribution in [0, 0.1) is 13.8 Å². The predicted octanol–water partition coefficient (Wildman–Crippen LogP) is 1.84. The quantitative estimate of drug-likeness (QED) is 0.857. The largest absolute Gasteiger partial charge is 0.468 e. The van der Waals surface area contributed by atoms with Crippen LogP contribution in [0.5, 0.6) is 0 Å². The first kappa shape index (κ1) is 11.9. The molecule has 2 aromatic rings. The third-order valence-corrected chi connectivity index (χ3v) is 2.71. The highest BCUT2D eigenvalue weighted by molar-refractivity contribution is 5.02. The summed E-state index contributed by atoms with van der Waals surface area (Å²) in [6.45, 7) is 7.61. The molecule has 92 valence electrons. The lowest BCUT2D eigenvalue weighted by atomic mass is 10.2. The molecule has 2 heterocycles. The standard InChI is InChI=1S/C12H18N4O/c1-9(12-5-4-8-17-12)13-6-7-16-11(3)14-10(2)15-16/h4-5,8-9,13H,6-7H2,1-3H3. The van der Waals surface area contributed by atoms with Gasteiger partial charge in [-0.05, 0) is 32.9 Å². The van der Waals surface area contributed by atoms with Crippen molar-refractivity contribution in [1.29, 1.82) is 0 Å². The first-order chi connectivity index (χ1) is 8.16. The highest BCUT2D eigenvalue weighted by atomic mass is 16.3. The monoisotopic (exact) mass is 234 g/mol. The van der Waals surface area contributed by atoms with Crippen molar-refractivity contribution in [2.75, 3.05) is 6.54 Å². The van der Waals surface area contributed by atoms with Crippen molar-refractivity contribution in [1.82, 2.24) is 20.1 Å². The van der Waals surface area contributed by atoms with Crippen molar-refractivity contribution in [2.24, 2.45) is 0 Å². The number of aromatic nitrogens is 3. The van der Waals surface area contributed by atoms with Crippen LogP contribution in [-0.2, 0) is 6.54 Å². The third kappa shape index (κ3) is 2.94. The lowest BCUT2D eigenvalue weighted by Crippen LogP contribution is -2.23. The fourth-order valence-electron chi connectivity index (χ4n) is 1.80. The van der Waals surface area contributed by atoms with Gasteiger partial charge in [0.1, 0.15) is 17.4 Å². The molecule has 0 radical (unpaired) electrons. The Morgan fingerprint density at radius 3 is 2.88 bits per heavy atom. The zero-order valence-corrected chi connectivity index (χ0v) is 10.5. The van der Waals surface area contributed by atoms with E-state index in [0.717, 1.165) is 30.5 Å². The lowest BCUT2D eigenvalue weighted by molar-refractivity contribution is 0.417. The topological polar surface area (TPSA) is 55.9 Å². The minimum absolute atomic E-state index is 0.218. The van der Waals surface area contributed by atoms with Crippen molar-refractivity contribution >= 4 is 0 Å². The molecular weight excluding hydrogens is 216 g/mol. The normalized spacial score (nSPS) is 12.9. The summed E-state index contributed by atoms with van der Waals surface area (Å²) < 4.78 is 7.24. The van der Waals surface area contributed by atoms with Crippen LogP contribution in [-0.4, -0.2) is 21.3 Å². The molecule has 5 heteroatoms. The SMILES string of the molecule is Cc1nc(C)n(CCNC(C)c2ccco2)n1. The Morgan fingerprint density at radius 2 is 2.29 bits per heavy atom. The zero-order chi connectivity index (χ0) is 12.3. The van der Waals surface area contributed by atoms with E-state index in [1.807, 2.05) is 30.7 Å². The van der Waals surface area contributed by atoms with E-state index >= 15 is 0 Å². The van der Waals surface area contributed by atoms with Crippen LogP contribution in [0.3, 0.4) is 0 Å². The molecule has 1 unspecified atom stereocenters. The third-order valence-electron chi connectivity index (χ3n) is 2.71. The Kier molecular flexibility index (Phi) is 3.58. The zero-order valence-electron chi connectivity index (χ0n) is 10.5. The summed E-state index contributed by atoms with van der Waals surface area (Å²) in [7, 11) is 0. The van der Waals surface area contributed by atoms with Gasteiger partial charge in [0, 0.05) is 6.54 Å². The molecule has 0 saturated heterocycles. The van der Waals surface area contributed by atoms with E-state index in [1.165, 1.54) is 0 Å². The van der Waals surface area contributed by atoms with Gasteiger partial charge >= 0.3 is 0 Å². The summed E-state index contributed by atoms with van der Waals surface area (Å²) in [5.74, 6) is 2.73. The van der Waals surface area contributed by atoms with Gasteiger partial charge in [0.15, 0.2) is 0 Å². The van der Waals surface area contributed by atoms with Gasteiger partial charge in [-0.3, -0.25) is 0 Å². The number of rotatable bonds is 5. The highest BCUT2D eigenvalue weighted by Gasteiger charge is 2.07. The fraction of sp³-hybridized carbons (Fsp3) is 0.500. The maximum Gasteiger partial charge on any atom is 0.147 e. The van der Waals surface area contributed by atoms with E-state index in [9.17, 15) is 0 Å². The molecule has 0 aliphatic heterocycles. The van der Waals surface area contributed by atoms with E-state index in [4.69, 9.17) is 4.42 Å². The minimum Gasteiger partial charge on any atom is -0.468 e. The molecule has 0 fully saturated rings. The van der Waals surface area contributed by atoms with E-state index in [1.54, 1.807) is 6.26 Å². The maximum atomic E-state index is 5.33. The second-order valence-corrected chi connectivity index (χ2v) is 4.12. The van der Waals surface area contributed by atoms with Crippen molar-refractivity contribution < 1.29 is 4.42 Å². The Labute approximate surface area is 101 Å². The smallest absolute Gasteiger partial charge is 0.147 e. The maximum absolute atomic E-state index is 5.33. The van der Waals surface area contributed by atoms with Gasteiger partial charge in [0.2, 0.25) is 0 Å². The summed E-state index contributed by atoms with van der Waals surface area (Å²) in [5.41, 5.74) is 0. The Morgan fingerprint density at radius 1 is 1.47 bits per heavy atom. The van der Waals surface area contributed by atoms with Gasteiger partial charge < -0.3 is 9.73 Å².